The van der Waals surface area contributed by atoms with E-state index in [1.165, 1.54) is 6.08 Å². The number of rotatable bonds is 3. The number of hydrogen-bond donors (Lipinski definition) is 1. The maximum Gasteiger partial charge on any atom is 0.336 e. The van der Waals surface area contributed by atoms with Gasteiger partial charge in [0.25, 0.3) is 0 Å². The molecule has 1 heterocycles. The minimum absolute atomic E-state index is 0.140. The molecule has 1 aliphatic rings. The Bertz CT molecular complexity index is 706. The maximum absolute atomic E-state index is 11.7. The Kier molecular flexibility index (Phi) is 3.47. The third-order valence-electron chi connectivity index (χ3n) is 2.84. The van der Waals surface area contributed by atoms with Crippen molar-refractivity contribution in [2.75, 3.05) is 6.79 Å². The summed E-state index contributed by atoms with van der Waals surface area (Å²) in [6, 6.07) is 11.5. The minimum Gasteiger partial charge on any atom is -0.508 e. The second-order valence-electron chi connectivity index (χ2n) is 4.36. The molecule has 0 atom stereocenters. The molecule has 21 heavy (non-hydrogen) atoms. The lowest BCUT2D eigenvalue weighted by atomic mass is 10.2. The van der Waals surface area contributed by atoms with Gasteiger partial charge in [-0.05, 0) is 35.9 Å². The molecule has 0 radical (unpaired) electrons. The summed E-state index contributed by atoms with van der Waals surface area (Å²) in [5.41, 5.74) is 0.706. The predicted octanol–water partition coefficient (Wildman–Crippen LogP) is 2.74. The largest absolute Gasteiger partial charge is 0.508 e. The molecular weight excluding hydrogens is 272 g/mol. The Morgan fingerprint density at radius 1 is 1.14 bits per heavy atom. The third kappa shape index (κ3) is 3.14. The lowest BCUT2D eigenvalue weighted by Crippen LogP contribution is -2.03. The van der Waals surface area contributed by atoms with Gasteiger partial charge >= 0.3 is 5.97 Å². The molecule has 106 valence electrons. The Morgan fingerprint density at radius 2 is 2.00 bits per heavy atom. The monoisotopic (exact) mass is 284 g/mol. The van der Waals surface area contributed by atoms with E-state index in [1.807, 2.05) is 0 Å². The van der Waals surface area contributed by atoms with E-state index < -0.39 is 5.97 Å². The lowest BCUT2D eigenvalue weighted by Gasteiger charge is -2.02. The molecule has 0 saturated carbocycles. The minimum atomic E-state index is -0.516. The van der Waals surface area contributed by atoms with Crippen LogP contribution in [0.15, 0.2) is 48.5 Å². The van der Waals surface area contributed by atoms with Crippen molar-refractivity contribution in [2.45, 2.75) is 0 Å². The Morgan fingerprint density at radius 3 is 2.86 bits per heavy atom. The number of fused-ring (bicyclic) bond motifs is 1. The molecule has 0 fully saturated rings. The summed E-state index contributed by atoms with van der Waals surface area (Å²) >= 11 is 0. The first kappa shape index (κ1) is 13.1. The highest BCUT2D eigenvalue weighted by Crippen LogP contribution is 2.35. The number of carbonyl (C=O) groups is 1. The number of aromatic hydroxyl groups is 1. The topological polar surface area (TPSA) is 65.0 Å². The molecule has 3 rings (SSSR count). The van der Waals surface area contributed by atoms with Crippen molar-refractivity contribution in [2.24, 2.45) is 0 Å². The van der Waals surface area contributed by atoms with Crippen LogP contribution in [0.5, 0.6) is 23.0 Å². The maximum atomic E-state index is 11.7. The highest BCUT2D eigenvalue weighted by molar-refractivity contribution is 5.88. The van der Waals surface area contributed by atoms with Crippen LogP contribution in [-0.4, -0.2) is 17.9 Å². The summed E-state index contributed by atoms with van der Waals surface area (Å²) < 4.78 is 15.5. The van der Waals surface area contributed by atoms with Gasteiger partial charge in [-0.1, -0.05) is 12.1 Å². The van der Waals surface area contributed by atoms with E-state index in [4.69, 9.17) is 14.2 Å². The first-order valence-corrected chi connectivity index (χ1v) is 6.29. The van der Waals surface area contributed by atoms with Gasteiger partial charge in [0.05, 0.1) is 0 Å². The first-order chi connectivity index (χ1) is 10.2. The van der Waals surface area contributed by atoms with Crippen molar-refractivity contribution in [1.29, 1.82) is 0 Å². The summed E-state index contributed by atoms with van der Waals surface area (Å²) in [7, 11) is 0. The number of benzene rings is 2. The number of esters is 1. The summed E-state index contributed by atoms with van der Waals surface area (Å²) in [5.74, 6) is 1.19. The van der Waals surface area contributed by atoms with E-state index in [9.17, 15) is 9.90 Å². The molecule has 0 aliphatic carbocycles. The zero-order chi connectivity index (χ0) is 14.7. The lowest BCUT2D eigenvalue weighted by molar-refractivity contribution is -0.128. The molecule has 5 heteroatoms. The van der Waals surface area contributed by atoms with Gasteiger partial charge in [-0.15, -0.1) is 0 Å². The fraction of sp³-hybridized carbons (Fsp3) is 0.0625. The van der Waals surface area contributed by atoms with Gasteiger partial charge in [-0.2, -0.15) is 0 Å². The van der Waals surface area contributed by atoms with Crippen LogP contribution in [0, 0.1) is 0 Å². The zero-order valence-corrected chi connectivity index (χ0v) is 11.0. The molecule has 1 aliphatic heterocycles. The second-order valence-corrected chi connectivity index (χ2v) is 4.36. The summed E-state index contributed by atoms with van der Waals surface area (Å²) in [6.45, 7) is 0.171. The quantitative estimate of drug-likeness (QED) is 0.533. The molecule has 0 spiro atoms. The third-order valence-corrected chi connectivity index (χ3v) is 2.84. The SMILES string of the molecule is O=C(/C=C/c1cccc(O)c1)Oc1ccc2c(c1)OCO2. The van der Waals surface area contributed by atoms with Crippen LogP contribution in [0.2, 0.25) is 0 Å². The van der Waals surface area contributed by atoms with Gasteiger partial charge in [0.1, 0.15) is 11.5 Å². The van der Waals surface area contributed by atoms with Crippen molar-refractivity contribution in [1.82, 2.24) is 0 Å². The highest BCUT2D eigenvalue weighted by Gasteiger charge is 2.14. The second kappa shape index (κ2) is 5.58. The van der Waals surface area contributed by atoms with Crippen molar-refractivity contribution in [3.8, 4) is 23.0 Å². The first-order valence-electron chi connectivity index (χ1n) is 6.29. The van der Waals surface area contributed by atoms with Crippen LogP contribution in [0.25, 0.3) is 6.08 Å². The van der Waals surface area contributed by atoms with E-state index >= 15 is 0 Å². The van der Waals surface area contributed by atoms with E-state index in [1.54, 1.807) is 48.5 Å². The molecule has 5 nitrogen and oxygen atoms in total. The normalized spacial score (nSPS) is 12.6. The fourth-order valence-electron chi connectivity index (χ4n) is 1.88. The van der Waals surface area contributed by atoms with Crippen LogP contribution in [0.1, 0.15) is 5.56 Å². The van der Waals surface area contributed by atoms with Gasteiger partial charge in [0.15, 0.2) is 11.5 Å². The Hall–Kier alpha value is -2.95. The van der Waals surface area contributed by atoms with Crippen LogP contribution < -0.4 is 14.2 Å². The smallest absolute Gasteiger partial charge is 0.336 e. The van der Waals surface area contributed by atoms with Gasteiger partial charge in [-0.25, -0.2) is 4.79 Å². The average Bonchev–Trinajstić information content (AvgIpc) is 2.93. The molecule has 0 aromatic heterocycles. The molecule has 1 N–H and O–H groups in total. The van der Waals surface area contributed by atoms with E-state index in [2.05, 4.69) is 0 Å². The van der Waals surface area contributed by atoms with Crippen LogP contribution in [0.4, 0.5) is 0 Å². The van der Waals surface area contributed by atoms with Crippen LogP contribution in [-0.2, 0) is 4.79 Å². The standard InChI is InChI=1S/C16H12O5/c17-12-3-1-2-11(8-12)4-7-16(18)21-13-5-6-14-15(9-13)20-10-19-14/h1-9,17H,10H2/b7-4+. The average molecular weight is 284 g/mol. The summed E-state index contributed by atoms with van der Waals surface area (Å²) in [5, 5.41) is 9.33. The molecule has 0 unspecified atom stereocenters. The number of hydrogen-bond acceptors (Lipinski definition) is 5. The Labute approximate surface area is 121 Å². The van der Waals surface area contributed by atoms with E-state index in [0.717, 1.165) is 0 Å². The van der Waals surface area contributed by atoms with Gasteiger partial charge < -0.3 is 19.3 Å². The number of phenolic OH excluding ortho intramolecular Hbond substituents is 1. The number of carbonyl (C=O) groups excluding carboxylic acids is 1. The number of phenols is 1. The van der Waals surface area contributed by atoms with E-state index in [0.29, 0.717) is 22.8 Å². The van der Waals surface area contributed by atoms with Crippen LogP contribution >= 0.6 is 0 Å². The van der Waals surface area contributed by atoms with Crippen molar-refractivity contribution in [3.63, 3.8) is 0 Å². The Balaban J connectivity index is 1.66. The highest BCUT2D eigenvalue weighted by atomic mass is 16.7. The zero-order valence-electron chi connectivity index (χ0n) is 11.0. The fourth-order valence-corrected chi connectivity index (χ4v) is 1.88. The molecule has 0 amide bonds. The summed E-state index contributed by atoms with van der Waals surface area (Å²) in [4.78, 5) is 11.7. The van der Waals surface area contributed by atoms with Gasteiger partial charge in [-0.3, -0.25) is 0 Å². The predicted molar refractivity (Wildman–Crippen MR) is 75.3 cm³/mol. The molecular formula is C16H12O5. The molecule has 2 aromatic rings. The van der Waals surface area contributed by atoms with Crippen molar-refractivity contribution in [3.05, 3.63) is 54.1 Å². The van der Waals surface area contributed by atoms with Gasteiger partial charge in [0, 0.05) is 12.1 Å². The number of ether oxygens (including phenoxy) is 3. The van der Waals surface area contributed by atoms with Gasteiger partial charge in [0.2, 0.25) is 6.79 Å². The summed E-state index contributed by atoms with van der Waals surface area (Å²) in [6.07, 6.45) is 2.86. The van der Waals surface area contributed by atoms with Crippen molar-refractivity contribution < 1.29 is 24.1 Å². The van der Waals surface area contributed by atoms with E-state index in [-0.39, 0.29) is 12.5 Å². The molecule has 0 bridgehead atoms. The molecule has 0 saturated heterocycles. The van der Waals surface area contributed by atoms with Crippen LogP contribution in [0.3, 0.4) is 0 Å². The molecule has 2 aromatic carbocycles. The van der Waals surface area contributed by atoms with Crippen molar-refractivity contribution >= 4 is 12.0 Å².